The molecular weight excluding hydrogens is 465 g/mol. The molecule has 0 bridgehead atoms. The van der Waals surface area contributed by atoms with Crippen molar-refractivity contribution < 1.29 is 23.8 Å². The molecule has 0 unspecified atom stereocenters. The molecule has 0 fully saturated rings. The quantitative estimate of drug-likeness (QED) is 0.258. The zero-order valence-electron chi connectivity index (χ0n) is 17.6. The summed E-state index contributed by atoms with van der Waals surface area (Å²) in [4.78, 5) is 29.0. The van der Waals surface area contributed by atoms with E-state index in [0.29, 0.717) is 32.5 Å². The number of hydrogen-bond acceptors (Lipinski definition) is 6. The average Bonchev–Trinajstić information content (AvgIpc) is 3.16. The highest BCUT2D eigenvalue weighted by Crippen LogP contribution is 2.31. The number of carbonyl (C=O) groups is 2. The molecule has 0 amide bonds. The van der Waals surface area contributed by atoms with E-state index in [1.165, 1.54) is 13.2 Å². The number of aryl methyl sites for hydroxylation is 1. The molecule has 0 radical (unpaired) electrons. The fourth-order valence-electron chi connectivity index (χ4n) is 3.05. The number of rotatable bonds is 5. The summed E-state index contributed by atoms with van der Waals surface area (Å²) in [5.41, 5.74) is 2.54. The molecule has 0 aliphatic carbocycles. The molecule has 0 N–H and O–H groups in total. The van der Waals surface area contributed by atoms with Gasteiger partial charge in [-0.05, 0) is 66.6 Å². The maximum absolute atomic E-state index is 12.4. The summed E-state index contributed by atoms with van der Waals surface area (Å²) in [7, 11) is 1.45. The highest BCUT2D eigenvalue weighted by Gasteiger charge is 2.24. The third-order valence-corrected chi connectivity index (χ3v) is 5.44. The van der Waals surface area contributed by atoms with Gasteiger partial charge in [0.15, 0.2) is 17.2 Å². The van der Waals surface area contributed by atoms with Crippen LogP contribution in [0.25, 0.3) is 6.08 Å². The number of ether oxygens (including phenoxy) is 3. The van der Waals surface area contributed by atoms with Crippen LogP contribution in [0.2, 0.25) is 10.0 Å². The van der Waals surface area contributed by atoms with Gasteiger partial charge in [-0.2, -0.15) is 0 Å². The Morgan fingerprint density at radius 1 is 1.03 bits per heavy atom. The van der Waals surface area contributed by atoms with Crippen molar-refractivity contribution in [1.29, 1.82) is 0 Å². The Bertz CT molecular complexity index is 1330. The molecule has 6 nitrogen and oxygen atoms in total. The number of hydrogen-bond donors (Lipinski definition) is 0. The van der Waals surface area contributed by atoms with Crippen molar-refractivity contribution in [3.8, 4) is 11.5 Å². The molecule has 1 heterocycles. The van der Waals surface area contributed by atoms with Gasteiger partial charge in [-0.1, -0.05) is 41.4 Å². The molecule has 1 aliphatic rings. The Kier molecular flexibility index (Phi) is 6.49. The average molecular weight is 482 g/mol. The van der Waals surface area contributed by atoms with E-state index in [0.717, 1.165) is 5.56 Å². The van der Waals surface area contributed by atoms with Crippen molar-refractivity contribution in [1.82, 2.24) is 0 Å². The molecule has 1 aliphatic heterocycles. The number of halogens is 2. The Balaban J connectivity index is 1.58. The lowest BCUT2D eigenvalue weighted by atomic mass is 10.1. The lowest BCUT2D eigenvalue weighted by molar-refractivity contribution is -0.129. The van der Waals surface area contributed by atoms with Gasteiger partial charge in [0.25, 0.3) is 0 Å². The van der Waals surface area contributed by atoms with E-state index in [1.807, 2.05) is 13.0 Å². The van der Waals surface area contributed by atoms with Crippen molar-refractivity contribution in [3.05, 3.63) is 98.7 Å². The summed E-state index contributed by atoms with van der Waals surface area (Å²) >= 11 is 12.1. The van der Waals surface area contributed by atoms with Crippen molar-refractivity contribution >= 4 is 47.1 Å². The van der Waals surface area contributed by atoms with Gasteiger partial charge in [-0.15, -0.1) is 0 Å². The fraction of sp³-hybridized carbons (Fsp3) is 0.0800. The smallest absolute Gasteiger partial charge is 0.363 e. The van der Waals surface area contributed by atoms with E-state index in [9.17, 15) is 9.59 Å². The van der Waals surface area contributed by atoms with Crippen LogP contribution >= 0.6 is 23.2 Å². The maximum Gasteiger partial charge on any atom is 0.363 e. The maximum atomic E-state index is 12.4. The molecular formula is C25H17Cl2NO5. The van der Waals surface area contributed by atoms with E-state index in [-0.39, 0.29) is 17.3 Å². The van der Waals surface area contributed by atoms with Gasteiger partial charge in [-0.25, -0.2) is 14.6 Å². The van der Waals surface area contributed by atoms with Crippen LogP contribution in [0.4, 0.5) is 0 Å². The Morgan fingerprint density at radius 2 is 1.85 bits per heavy atom. The Morgan fingerprint density at radius 3 is 2.58 bits per heavy atom. The summed E-state index contributed by atoms with van der Waals surface area (Å²) in [5, 5.41) is 0.978. The van der Waals surface area contributed by atoms with Crippen molar-refractivity contribution in [2.45, 2.75) is 6.92 Å². The normalized spacial score (nSPS) is 14.1. The molecule has 8 heteroatoms. The molecule has 0 aromatic heterocycles. The number of esters is 2. The van der Waals surface area contributed by atoms with E-state index in [2.05, 4.69) is 4.99 Å². The first kappa shape index (κ1) is 22.6. The lowest BCUT2D eigenvalue weighted by Gasteiger charge is -2.10. The van der Waals surface area contributed by atoms with Gasteiger partial charge in [-0.3, -0.25) is 0 Å². The highest BCUT2D eigenvalue weighted by atomic mass is 35.5. The van der Waals surface area contributed by atoms with Gasteiger partial charge < -0.3 is 14.2 Å². The third-order valence-electron chi connectivity index (χ3n) is 4.79. The van der Waals surface area contributed by atoms with E-state index < -0.39 is 11.9 Å². The number of carbonyl (C=O) groups excluding carboxylic acids is 2. The summed E-state index contributed by atoms with van der Waals surface area (Å²) in [5.74, 6) is -0.464. The molecule has 0 saturated carbocycles. The molecule has 0 saturated heterocycles. The number of benzene rings is 3. The van der Waals surface area contributed by atoms with Crippen LogP contribution < -0.4 is 9.47 Å². The minimum absolute atomic E-state index is 0.118. The summed E-state index contributed by atoms with van der Waals surface area (Å²) in [6.45, 7) is 1.88. The number of methoxy groups -OCH3 is 1. The Labute approximate surface area is 200 Å². The number of nitrogens with zero attached hydrogens (tertiary/aromatic N) is 1. The molecule has 166 valence electrons. The molecule has 33 heavy (non-hydrogen) atoms. The SMILES string of the molecule is COc1cc(/C=C2\N=C(c3ccc(C)c(Cl)c3)OC2=O)ccc1OC(=O)c1cccc(Cl)c1. The van der Waals surface area contributed by atoms with Gasteiger partial charge in [0, 0.05) is 15.6 Å². The standard InChI is InChI=1S/C25H17Cl2NO5/c1-14-6-8-16(13-19(14)27)23-28-20(25(30)33-23)10-15-7-9-21(22(11-15)31-2)32-24(29)17-4-3-5-18(26)12-17/h3-13H,1-2H3/b20-10-. The molecule has 0 atom stereocenters. The molecule has 4 rings (SSSR count). The van der Waals surface area contributed by atoms with Crippen molar-refractivity contribution in [2.75, 3.05) is 7.11 Å². The topological polar surface area (TPSA) is 74.2 Å². The molecule has 3 aromatic carbocycles. The Hall–Kier alpha value is -3.61. The first-order valence-corrected chi connectivity index (χ1v) is 10.5. The predicted octanol–water partition coefficient (Wildman–Crippen LogP) is 5.87. The fourth-order valence-corrected chi connectivity index (χ4v) is 3.42. The van der Waals surface area contributed by atoms with E-state index in [1.54, 1.807) is 54.6 Å². The lowest BCUT2D eigenvalue weighted by Crippen LogP contribution is -2.09. The predicted molar refractivity (Wildman–Crippen MR) is 126 cm³/mol. The van der Waals surface area contributed by atoms with E-state index >= 15 is 0 Å². The highest BCUT2D eigenvalue weighted by molar-refractivity contribution is 6.32. The zero-order chi connectivity index (χ0) is 23.5. The van der Waals surface area contributed by atoms with Gasteiger partial charge in [0.05, 0.1) is 12.7 Å². The van der Waals surface area contributed by atoms with Crippen LogP contribution in [-0.4, -0.2) is 24.9 Å². The van der Waals surface area contributed by atoms with E-state index in [4.69, 9.17) is 37.4 Å². The molecule has 3 aromatic rings. The summed E-state index contributed by atoms with van der Waals surface area (Å²) < 4.78 is 16.1. The van der Waals surface area contributed by atoms with Crippen LogP contribution in [0.1, 0.15) is 27.0 Å². The largest absolute Gasteiger partial charge is 0.493 e. The van der Waals surface area contributed by atoms with Crippen LogP contribution in [0.3, 0.4) is 0 Å². The van der Waals surface area contributed by atoms with Gasteiger partial charge >= 0.3 is 11.9 Å². The summed E-state index contributed by atoms with van der Waals surface area (Å²) in [6, 6.07) is 16.6. The van der Waals surface area contributed by atoms with Crippen LogP contribution in [-0.2, 0) is 9.53 Å². The third kappa shape index (κ3) is 5.08. The van der Waals surface area contributed by atoms with Gasteiger partial charge in [0.2, 0.25) is 5.90 Å². The number of aliphatic imine (C=N–C) groups is 1. The first-order valence-electron chi connectivity index (χ1n) is 9.79. The zero-order valence-corrected chi connectivity index (χ0v) is 19.1. The van der Waals surface area contributed by atoms with Crippen LogP contribution in [0, 0.1) is 6.92 Å². The second kappa shape index (κ2) is 9.48. The van der Waals surface area contributed by atoms with Crippen LogP contribution in [0.5, 0.6) is 11.5 Å². The van der Waals surface area contributed by atoms with Gasteiger partial charge in [0.1, 0.15) is 0 Å². The minimum atomic E-state index is -0.586. The van der Waals surface area contributed by atoms with Crippen molar-refractivity contribution in [3.63, 3.8) is 0 Å². The van der Waals surface area contributed by atoms with Crippen molar-refractivity contribution in [2.24, 2.45) is 4.99 Å². The van der Waals surface area contributed by atoms with Crippen LogP contribution in [0.15, 0.2) is 71.4 Å². The summed E-state index contributed by atoms with van der Waals surface area (Å²) in [6.07, 6.45) is 1.55. The number of cyclic esters (lactones) is 1. The minimum Gasteiger partial charge on any atom is -0.493 e. The first-order chi connectivity index (χ1) is 15.8. The monoisotopic (exact) mass is 481 g/mol. The second-order valence-corrected chi connectivity index (χ2v) is 7.95. The molecule has 0 spiro atoms. The second-order valence-electron chi connectivity index (χ2n) is 7.11.